The van der Waals surface area contributed by atoms with Crippen LogP contribution in [0.15, 0.2) is 42.5 Å². The maximum absolute atomic E-state index is 13.0. The number of hydrogen-bond acceptors (Lipinski definition) is 6. The summed E-state index contributed by atoms with van der Waals surface area (Å²) in [5.74, 6) is -0.837. The number of aromatic nitrogens is 4. The van der Waals surface area contributed by atoms with Crippen LogP contribution in [0.4, 0.5) is 19.0 Å². The summed E-state index contributed by atoms with van der Waals surface area (Å²) in [6.45, 7) is 3.44. The number of hydrogen-bond donors (Lipinski definition) is 1. The summed E-state index contributed by atoms with van der Waals surface area (Å²) < 4.78 is 45.4. The molecule has 10 heteroatoms. The number of rotatable bonds is 5. The lowest BCUT2D eigenvalue weighted by Gasteiger charge is -2.33. The van der Waals surface area contributed by atoms with Crippen molar-refractivity contribution >= 4 is 11.5 Å². The van der Waals surface area contributed by atoms with Crippen LogP contribution < -0.4 is 5.32 Å². The number of ether oxygens (including phenoxy) is 1. The molecular weight excluding hydrogens is 373 g/mol. The number of fused-ring (bicyclic) bond motifs is 1. The molecule has 7 nitrogen and oxygen atoms in total. The number of morpholine rings is 1. The fraction of sp³-hybridized carbons (Fsp3) is 0.389. The average molecular weight is 392 g/mol. The van der Waals surface area contributed by atoms with Gasteiger partial charge < -0.3 is 10.1 Å². The molecule has 1 N–H and O–H groups in total. The van der Waals surface area contributed by atoms with Crippen molar-refractivity contribution in [2.24, 2.45) is 0 Å². The van der Waals surface area contributed by atoms with Crippen molar-refractivity contribution < 1.29 is 17.9 Å². The number of nitrogens with zero attached hydrogens (tertiary/aromatic N) is 5. The second-order valence-corrected chi connectivity index (χ2v) is 6.60. The molecule has 1 aliphatic rings. The average Bonchev–Trinajstić information content (AvgIpc) is 3.11. The highest BCUT2D eigenvalue weighted by Gasteiger charge is 2.37. The molecule has 1 aromatic carbocycles. The zero-order chi connectivity index (χ0) is 19.6. The molecule has 3 heterocycles. The van der Waals surface area contributed by atoms with Gasteiger partial charge in [0.1, 0.15) is 5.82 Å². The van der Waals surface area contributed by atoms with Gasteiger partial charge in [0, 0.05) is 26.2 Å². The predicted octanol–water partition coefficient (Wildman–Crippen LogP) is 2.46. The maximum atomic E-state index is 13.0. The fourth-order valence-corrected chi connectivity index (χ4v) is 3.17. The van der Waals surface area contributed by atoms with E-state index >= 15 is 0 Å². The van der Waals surface area contributed by atoms with E-state index in [1.54, 1.807) is 6.07 Å². The number of nitrogens with one attached hydrogen (secondary N) is 1. The topological polar surface area (TPSA) is 67.6 Å². The van der Waals surface area contributed by atoms with Crippen LogP contribution in [0.3, 0.4) is 0 Å². The predicted molar refractivity (Wildman–Crippen MR) is 95.7 cm³/mol. The molecule has 1 saturated heterocycles. The van der Waals surface area contributed by atoms with Gasteiger partial charge in [0.15, 0.2) is 5.65 Å². The number of anilines is 1. The Morgan fingerprint density at radius 3 is 2.71 bits per heavy atom. The fourth-order valence-electron chi connectivity index (χ4n) is 3.17. The smallest absolute Gasteiger partial charge is 0.374 e. The molecule has 0 bridgehead atoms. The molecule has 0 radical (unpaired) electrons. The quantitative estimate of drug-likeness (QED) is 0.720. The standard InChI is InChI=1S/C18H19F3N6O/c19-18(20,21)17-24-23-16-7-6-15(25-27(16)17)22-10-14-12-26(8-9-28-14)11-13-4-2-1-3-5-13/h1-7,14H,8-12H2,(H,22,25). The highest BCUT2D eigenvalue weighted by Crippen LogP contribution is 2.27. The first kappa shape index (κ1) is 18.6. The first-order valence-corrected chi connectivity index (χ1v) is 8.90. The Morgan fingerprint density at radius 2 is 1.93 bits per heavy atom. The minimum atomic E-state index is -4.62. The van der Waals surface area contributed by atoms with Crippen LogP contribution >= 0.6 is 0 Å². The molecule has 4 rings (SSSR count). The van der Waals surface area contributed by atoms with Crippen molar-refractivity contribution in [3.63, 3.8) is 0 Å². The summed E-state index contributed by atoms with van der Waals surface area (Å²) in [5.41, 5.74) is 1.27. The maximum Gasteiger partial charge on any atom is 0.453 e. The molecule has 0 amide bonds. The monoisotopic (exact) mass is 392 g/mol. The van der Waals surface area contributed by atoms with Crippen molar-refractivity contribution in [3.8, 4) is 0 Å². The normalized spacial score (nSPS) is 18.5. The summed E-state index contributed by atoms with van der Waals surface area (Å²) in [4.78, 5) is 2.29. The molecule has 1 unspecified atom stereocenters. The SMILES string of the molecule is FC(F)(F)c1nnc2ccc(NCC3CN(Cc4ccccc4)CCO3)nn12. The summed E-state index contributed by atoms with van der Waals surface area (Å²) in [6, 6.07) is 13.2. The van der Waals surface area contributed by atoms with E-state index in [0.29, 0.717) is 23.5 Å². The summed E-state index contributed by atoms with van der Waals surface area (Å²) in [7, 11) is 0. The molecule has 148 valence electrons. The molecule has 1 atom stereocenters. The van der Waals surface area contributed by atoms with Gasteiger partial charge >= 0.3 is 6.18 Å². The summed E-state index contributed by atoms with van der Waals surface area (Å²) in [6.07, 6.45) is -4.70. The Kier molecular flexibility index (Phi) is 5.14. The third-order valence-electron chi connectivity index (χ3n) is 4.50. The van der Waals surface area contributed by atoms with Crippen LogP contribution in [0.25, 0.3) is 5.65 Å². The van der Waals surface area contributed by atoms with Gasteiger partial charge in [0.2, 0.25) is 0 Å². The first-order chi connectivity index (χ1) is 13.5. The number of benzene rings is 1. The van der Waals surface area contributed by atoms with Gasteiger partial charge in [-0.05, 0) is 17.7 Å². The van der Waals surface area contributed by atoms with Crippen LogP contribution in [0.5, 0.6) is 0 Å². The van der Waals surface area contributed by atoms with Gasteiger partial charge in [-0.2, -0.15) is 17.7 Å². The minimum Gasteiger partial charge on any atom is -0.374 e. The van der Waals surface area contributed by atoms with Crippen LogP contribution in [-0.4, -0.2) is 57.1 Å². The summed E-state index contributed by atoms with van der Waals surface area (Å²) in [5, 5.41) is 13.7. The molecular formula is C18H19F3N6O. The van der Waals surface area contributed by atoms with Crippen LogP contribution in [0.1, 0.15) is 11.4 Å². The number of halogens is 3. The van der Waals surface area contributed by atoms with Gasteiger partial charge in [-0.3, -0.25) is 4.90 Å². The molecule has 2 aromatic heterocycles. The second-order valence-electron chi connectivity index (χ2n) is 6.60. The molecule has 28 heavy (non-hydrogen) atoms. The van der Waals surface area contributed by atoms with Crippen molar-refractivity contribution in [1.29, 1.82) is 0 Å². The Bertz CT molecular complexity index is 930. The zero-order valence-electron chi connectivity index (χ0n) is 14.9. The van der Waals surface area contributed by atoms with E-state index < -0.39 is 12.0 Å². The molecule has 1 fully saturated rings. The van der Waals surface area contributed by atoms with E-state index in [9.17, 15) is 13.2 Å². The lowest BCUT2D eigenvalue weighted by Crippen LogP contribution is -2.44. The van der Waals surface area contributed by atoms with Crippen LogP contribution in [-0.2, 0) is 17.5 Å². The van der Waals surface area contributed by atoms with E-state index in [-0.39, 0.29) is 11.8 Å². The third kappa shape index (κ3) is 4.23. The largest absolute Gasteiger partial charge is 0.453 e. The van der Waals surface area contributed by atoms with Crippen molar-refractivity contribution in [2.75, 3.05) is 31.6 Å². The second kappa shape index (κ2) is 7.72. The Labute approximate surface area is 159 Å². The molecule has 0 aliphatic carbocycles. The lowest BCUT2D eigenvalue weighted by molar-refractivity contribution is -0.146. The minimum absolute atomic E-state index is 0.0424. The molecule has 0 saturated carbocycles. The zero-order valence-corrected chi connectivity index (χ0v) is 14.9. The van der Waals surface area contributed by atoms with Crippen LogP contribution in [0, 0.1) is 0 Å². The Balaban J connectivity index is 1.38. The van der Waals surface area contributed by atoms with Crippen molar-refractivity contribution in [3.05, 3.63) is 53.9 Å². The van der Waals surface area contributed by atoms with Crippen molar-refractivity contribution in [1.82, 2.24) is 24.7 Å². The highest BCUT2D eigenvalue weighted by atomic mass is 19.4. The molecule has 1 aliphatic heterocycles. The molecule has 0 spiro atoms. The van der Waals surface area contributed by atoms with Gasteiger partial charge in [0.05, 0.1) is 12.7 Å². The third-order valence-corrected chi connectivity index (χ3v) is 4.50. The van der Waals surface area contributed by atoms with E-state index in [2.05, 4.69) is 37.6 Å². The van der Waals surface area contributed by atoms with E-state index in [4.69, 9.17) is 4.74 Å². The highest BCUT2D eigenvalue weighted by molar-refractivity contribution is 5.44. The Hall–Kier alpha value is -2.72. The van der Waals surface area contributed by atoms with Gasteiger partial charge in [-0.25, -0.2) is 0 Å². The van der Waals surface area contributed by atoms with E-state index in [0.717, 1.165) is 19.6 Å². The lowest BCUT2D eigenvalue weighted by atomic mass is 10.2. The van der Waals surface area contributed by atoms with Crippen LogP contribution in [0.2, 0.25) is 0 Å². The molecule has 3 aromatic rings. The van der Waals surface area contributed by atoms with Gasteiger partial charge in [0.25, 0.3) is 5.82 Å². The van der Waals surface area contributed by atoms with Gasteiger partial charge in [-0.15, -0.1) is 15.3 Å². The van der Waals surface area contributed by atoms with E-state index in [1.807, 2.05) is 18.2 Å². The van der Waals surface area contributed by atoms with E-state index in [1.165, 1.54) is 11.6 Å². The van der Waals surface area contributed by atoms with Crippen molar-refractivity contribution in [2.45, 2.75) is 18.8 Å². The first-order valence-electron chi connectivity index (χ1n) is 8.90. The Morgan fingerprint density at radius 1 is 1.11 bits per heavy atom. The summed E-state index contributed by atoms with van der Waals surface area (Å²) >= 11 is 0. The number of alkyl halides is 3. The van der Waals surface area contributed by atoms with Gasteiger partial charge in [-0.1, -0.05) is 30.3 Å².